The topological polar surface area (TPSA) is 29.5 Å². The van der Waals surface area contributed by atoms with Gasteiger partial charge in [-0.05, 0) is 13.0 Å². The van der Waals surface area contributed by atoms with Gasteiger partial charge in [-0.3, -0.25) is 9.69 Å². The van der Waals surface area contributed by atoms with Crippen LogP contribution in [-0.2, 0) is 16.1 Å². The summed E-state index contributed by atoms with van der Waals surface area (Å²) >= 11 is 0. The van der Waals surface area contributed by atoms with Crippen LogP contribution in [0.4, 0.5) is 8.78 Å². The molecule has 0 aliphatic rings. The van der Waals surface area contributed by atoms with E-state index in [9.17, 15) is 13.6 Å². The van der Waals surface area contributed by atoms with E-state index in [4.69, 9.17) is 4.74 Å². The molecule has 19 heavy (non-hydrogen) atoms. The Bertz CT molecular complexity index is 449. The number of nitrogens with zero attached hydrogens (tertiary/aromatic N) is 1. The van der Waals surface area contributed by atoms with Gasteiger partial charge in [-0.15, -0.1) is 6.58 Å². The van der Waals surface area contributed by atoms with Gasteiger partial charge in [-0.2, -0.15) is 0 Å². The number of carbonyl (C=O) groups excluding carboxylic acids is 1. The van der Waals surface area contributed by atoms with Gasteiger partial charge >= 0.3 is 5.97 Å². The zero-order valence-electron chi connectivity index (χ0n) is 10.9. The predicted molar refractivity (Wildman–Crippen MR) is 68.5 cm³/mol. The Kier molecular flexibility index (Phi) is 6.15. The standard InChI is InChI=1S/C14H17F2NO2/c1-3-8-17(10-13(18)19-4-2)9-11-6-5-7-12(15)14(11)16/h3,5-7H,1,4,8-10H2,2H3. The molecule has 0 aliphatic heterocycles. The molecule has 104 valence electrons. The smallest absolute Gasteiger partial charge is 0.320 e. The van der Waals surface area contributed by atoms with E-state index in [1.807, 2.05) is 0 Å². The molecule has 0 saturated heterocycles. The lowest BCUT2D eigenvalue weighted by molar-refractivity contribution is -0.144. The van der Waals surface area contributed by atoms with Gasteiger partial charge in [0.25, 0.3) is 0 Å². The number of hydrogen-bond acceptors (Lipinski definition) is 3. The first-order valence-electron chi connectivity index (χ1n) is 6.00. The molecule has 5 heteroatoms. The van der Waals surface area contributed by atoms with Crippen LogP contribution in [0.25, 0.3) is 0 Å². The zero-order chi connectivity index (χ0) is 14.3. The third-order valence-electron chi connectivity index (χ3n) is 2.47. The molecule has 0 spiro atoms. The van der Waals surface area contributed by atoms with Crippen molar-refractivity contribution in [2.45, 2.75) is 13.5 Å². The van der Waals surface area contributed by atoms with Gasteiger partial charge in [-0.1, -0.05) is 18.2 Å². The van der Waals surface area contributed by atoms with E-state index in [-0.39, 0.29) is 25.3 Å². The average Bonchev–Trinajstić information content (AvgIpc) is 2.35. The van der Waals surface area contributed by atoms with E-state index in [1.54, 1.807) is 17.9 Å². The fourth-order valence-corrected chi connectivity index (χ4v) is 1.67. The van der Waals surface area contributed by atoms with Crippen molar-refractivity contribution in [2.75, 3.05) is 19.7 Å². The molecule has 0 radical (unpaired) electrons. The monoisotopic (exact) mass is 269 g/mol. The molecular formula is C14H17F2NO2. The summed E-state index contributed by atoms with van der Waals surface area (Å²) in [6, 6.07) is 3.98. The van der Waals surface area contributed by atoms with Crippen molar-refractivity contribution in [1.29, 1.82) is 0 Å². The zero-order valence-corrected chi connectivity index (χ0v) is 10.9. The molecular weight excluding hydrogens is 252 g/mol. The molecule has 0 aromatic heterocycles. The van der Waals surface area contributed by atoms with Crippen molar-refractivity contribution >= 4 is 5.97 Å². The summed E-state index contributed by atoms with van der Waals surface area (Å²) in [5, 5.41) is 0. The Morgan fingerprint density at radius 3 is 2.84 bits per heavy atom. The molecule has 0 unspecified atom stereocenters. The van der Waals surface area contributed by atoms with E-state index in [0.717, 1.165) is 6.07 Å². The van der Waals surface area contributed by atoms with Crippen molar-refractivity contribution in [3.8, 4) is 0 Å². The van der Waals surface area contributed by atoms with Crippen LogP contribution in [-0.4, -0.2) is 30.6 Å². The first kappa shape index (κ1) is 15.3. The summed E-state index contributed by atoms with van der Waals surface area (Å²) in [7, 11) is 0. The van der Waals surface area contributed by atoms with Gasteiger partial charge in [0.1, 0.15) is 0 Å². The van der Waals surface area contributed by atoms with Crippen LogP contribution in [0.1, 0.15) is 12.5 Å². The van der Waals surface area contributed by atoms with E-state index in [2.05, 4.69) is 6.58 Å². The third-order valence-corrected chi connectivity index (χ3v) is 2.47. The van der Waals surface area contributed by atoms with Crippen LogP contribution in [0.2, 0.25) is 0 Å². The molecule has 3 nitrogen and oxygen atoms in total. The lowest BCUT2D eigenvalue weighted by Gasteiger charge is -2.19. The second-order valence-corrected chi connectivity index (χ2v) is 3.98. The number of esters is 1. The maximum Gasteiger partial charge on any atom is 0.320 e. The summed E-state index contributed by atoms with van der Waals surface area (Å²) in [5.41, 5.74) is 0.200. The molecule has 0 N–H and O–H groups in total. The maximum atomic E-state index is 13.5. The maximum absolute atomic E-state index is 13.5. The normalized spacial score (nSPS) is 10.5. The Morgan fingerprint density at radius 1 is 1.47 bits per heavy atom. The quantitative estimate of drug-likeness (QED) is 0.562. The highest BCUT2D eigenvalue weighted by molar-refractivity contribution is 5.71. The summed E-state index contributed by atoms with van der Waals surface area (Å²) in [4.78, 5) is 13.0. The summed E-state index contributed by atoms with van der Waals surface area (Å²) in [5.74, 6) is -2.19. The number of halogens is 2. The number of benzene rings is 1. The van der Waals surface area contributed by atoms with Gasteiger partial charge in [0.15, 0.2) is 11.6 Å². The summed E-state index contributed by atoms with van der Waals surface area (Å²) in [6.45, 7) is 6.08. The van der Waals surface area contributed by atoms with Crippen LogP contribution >= 0.6 is 0 Å². The summed E-state index contributed by atoms with van der Waals surface area (Å²) in [6.07, 6.45) is 1.59. The van der Waals surface area contributed by atoms with Gasteiger partial charge in [0.05, 0.1) is 13.2 Å². The lowest BCUT2D eigenvalue weighted by atomic mass is 10.2. The first-order chi connectivity index (χ1) is 9.08. The minimum atomic E-state index is -0.896. The molecule has 0 fully saturated rings. The minimum Gasteiger partial charge on any atom is -0.465 e. The van der Waals surface area contributed by atoms with Crippen molar-refractivity contribution < 1.29 is 18.3 Å². The number of carbonyl (C=O) groups is 1. The highest BCUT2D eigenvalue weighted by Crippen LogP contribution is 2.13. The van der Waals surface area contributed by atoms with Gasteiger partial charge in [0, 0.05) is 18.7 Å². The SMILES string of the molecule is C=CCN(CC(=O)OCC)Cc1cccc(F)c1F. The summed E-state index contributed by atoms with van der Waals surface area (Å²) < 4.78 is 31.5. The molecule has 0 aliphatic carbocycles. The van der Waals surface area contributed by atoms with Crippen LogP contribution in [0.15, 0.2) is 30.9 Å². The Labute approximate surface area is 111 Å². The number of ether oxygens (including phenoxy) is 1. The van der Waals surface area contributed by atoms with Gasteiger partial charge in [0.2, 0.25) is 0 Å². The molecule has 0 amide bonds. The highest BCUT2D eigenvalue weighted by Gasteiger charge is 2.14. The fraction of sp³-hybridized carbons (Fsp3) is 0.357. The molecule has 0 saturated carbocycles. The molecule has 1 aromatic rings. The molecule has 0 heterocycles. The van der Waals surface area contributed by atoms with Crippen LogP contribution in [0.3, 0.4) is 0 Å². The van der Waals surface area contributed by atoms with Crippen LogP contribution in [0.5, 0.6) is 0 Å². The fourth-order valence-electron chi connectivity index (χ4n) is 1.67. The number of rotatable bonds is 7. The van der Waals surface area contributed by atoms with E-state index < -0.39 is 17.6 Å². The molecule has 1 aromatic carbocycles. The second-order valence-electron chi connectivity index (χ2n) is 3.98. The van der Waals surface area contributed by atoms with E-state index >= 15 is 0 Å². The van der Waals surface area contributed by atoms with Crippen molar-refractivity contribution in [2.24, 2.45) is 0 Å². The van der Waals surface area contributed by atoms with E-state index in [0.29, 0.717) is 6.54 Å². The average molecular weight is 269 g/mol. The lowest BCUT2D eigenvalue weighted by Crippen LogP contribution is -2.31. The third kappa shape index (κ3) is 4.79. The molecule has 0 atom stereocenters. The van der Waals surface area contributed by atoms with Gasteiger partial charge < -0.3 is 4.74 Å². The predicted octanol–water partition coefficient (Wildman–Crippen LogP) is 2.52. The molecule has 0 bridgehead atoms. The van der Waals surface area contributed by atoms with Crippen molar-refractivity contribution in [3.05, 3.63) is 48.1 Å². The Morgan fingerprint density at radius 2 is 2.21 bits per heavy atom. The highest BCUT2D eigenvalue weighted by atomic mass is 19.2. The minimum absolute atomic E-state index is 0.00974. The van der Waals surface area contributed by atoms with Crippen LogP contribution in [0, 0.1) is 11.6 Å². The number of hydrogen-bond donors (Lipinski definition) is 0. The Balaban J connectivity index is 2.74. The van der Waals surface area contributed by atoms with Crippen molar-refractivity contribution in [1.82, 2.24) is 4.90 Å². The largest absolute Gasteiger partial charge is 0.465 e. The second kappa shape index (κ2) is 7.63. The van der Waals surface area contributed by atoms with Crippen molar-refractivity contribution in [3.63, 3.8) is 0 Å². The first-order valence-corrected chi connectivity index (χ1v) is 6.00. The van der Waals surface area contributed by atoms with Gasteiger partial charge in [-0.25, -0.2) is 8.78 Å². The Hall–Kier alpha value is -1.75. The van der Waals surface area contributed by atoms with E-state index in [1.165, 1.54) is 12.1 Å². The molecule has 1 rings (SSSR count). The van der Waals surface area contributed by atoms with Crippen LogP contribution < -0.4 is 0 Å².